The number of aliphatic hydroxyl groups excluding tert-OH is 2. The Balaban J connectivity index is 0.000000317. The van der Waals surface area contributed by atoms with E-state index in [9.17, 15) is 0 Å². The summed E-state index contributed by atoms with van der Waals surface area (Å²) in [5.41, 5.74) is 0. The molecule has 0 radical (unpaired) electrons. The van der Waals surface area contributed by atoms with Gasteiger partial charge in [0.25, 0.3) is 0 Å². The van der Waals surface area contributed by atoms with Crippen molar-refractivity contribution in [1.29, 1.82) is 0 Å². The van der Waals surface area contributed by atoms with Crippen molar-refractivity contribution in [2.75, 3.05) is 13.2 Å². The van der Waals surface area contributed by atoms with E-state index in [4.69, 9.17) is 14.9 Å². The number of hydrogen-bond acceptors (Lipinski definition) is 3. The Kier molecular flexibility index (Phi) is 8.67. The lowest BCUT2D eigenvalue weighted by Gasteiger charge is -2.29. The van der Waals surface area contributed by atoms with Crippen LogP contribution in [0.15, 0.2) is 0 Å². The number of aliphatic hydroxyl groups is 2. The first-order valence-corrected chi connectivity index (χ1v) is 7.24. The quantitative estimate of drug-likeness (QED) is 0.802. The summed E-state index contributed by atoms with van der Waals surface area (Å²) in [6.07, 6.45) is 15.0. The third kappa shape index (κ3) is 7.02. The van der Waals surface area contributed by atoms with Gasteiger partial charge in [0.05, 0.1) is 25.4 Å². The van der Waals surface area contributed by atoms with E-state index in [1.807, 2.05) is 0 Å². The Morgan fingerprint density at radius 3 is 1.29 bits per heavy atom. The van der Waals surface area contributed by atoms with Crippen LogP contribution in [0.25, 0.3) is 0 Å². The molecule has 0 amide bonds. The summed E-state index contributed by atoms with van der Waals surface area (Å²) in [6.45, 7) is -0.250. The molecule has 17 heavy (non-hydrogen) atoms. The molecule has 2 aliphatic carbocycles. The second-order valence-corrected chi connectivity index (χ2v) is 5.10. The topological polar surface area (TPSA) is 49.7 Å². The van der Waals surface area contributed by atoms with Crippen LogP contribution in [0.1, 0.15) is 64.2 Å². The zero-order valence-electron chi connectivity index (χ0n) is 10.9. The largest absolute Gasteiger partial charge is 0.394 e. The second-order valence-electron chi connectivity index (χ2n) is 5.10. The van der Waals surface area contributed by atoms with Gasteiger partial charge < -0.3 is 14.9 Å². The minimum atomic E-state index is -0.125. The maximum Gasteiger partial charge on any atom is 0.0662 e. The van der Waals surface area contributed by atoms with Gasteiger partial charge in [0.1, 0.15) is 0 Å². The van der Waals surface area contributed by atoms with Gasteiger partial charge in [0, 0.05) is 0 Å². The summed E-state index contributed by atoms with van der Waals surface area (Å²) in [6, 6.07) is 0. The summed E-state index contributed by atoms with van der Waals surface area (Å²) in [5, 5.41) is 15.2. The van der Waals surface area contributed by atoms with Gasteiger partial charge in [-0.05, 0) is 25.7 Å². The molecule has 0 unspecified atom stereocenters. The zero-order chi connectivity index (χ0) is 12.3. The van der Waals surface area contributed by atoms with Gasteiger partial charge >= 0.3 is 0 Å². The van der Waals surface area contributed by atoms with E-state index in [1.165, 1.54) is 64.2 Å². The fourth-order valence-electron chi connectivity index (χ4n) is 2.67. The summed E-state index contributed by atoms with van der Waals surface area (Å²) in [5.74, 6) is 0. The molecule has 0 aromatic heterocycles. The molecule has 0 atom stereocenters. The Hall–Kier alpha value is -0.120. The first-order chi connectivity index (χ1) is 8.36. The van der Waals surface area contributed by atoms with Gasteiger partial charge in [-0.2, -0.15) is 0 Å². The van der Waals surface area contributed by atoms with Crippen LogP contribution in [0.4, 0.5) is 0 Å². The third-order valence-electron chi connectivity index (χ3n) is 3.59. The highest BCUT2D eigenvalue weighted by Crippen LogP contribution is 2.26. The monoisotopic (exact) mass is 244 g/mol. The third-order valence-corrected chi connectivity index (χ3v) is 3.59. The highest BCUT2D eigenvalue weighted by Gasteiger charge is 2.20. The van der Waals surface area contributed by atoms with Gasteiger partial charge in [-0.15, -0.1) is 0 Å². The molecule has 3 nitrogen and oxygen atoms in total. The zero-order valence-corrected chi connectivity index (χ0v) is 10.9. The van der Waals surface area contributed by atoms with Crippen LogP contribution in [-0.2, 0) is 4.74 Å². The summed E-state index contributed by atoms with van der Waals surface area (Å²) in [4.78, 5) is 0. The van der Waals surface area contributed by atoms with Gasteiger partial charge in [-0.25, -0.2) is 0 Å². The molecular weight excluding hydrogens is 216 g/mol. The van der Waals surface area contributed by atoms with E-state index >= 15 is 0 Å². The molecule has 2 saturated carbocycles. The van der Waals surface area contributed by atoms with Crippen LogP contribution in [0.2, 0.25) is 0 Å². The van der Waals surface area contributed by atoms with Crippen LogP contribution in [0.5, 0.6) is 0 Å². The predicted molar refractivity (Wildman–Crippen MR) is 69.0 cm³/mol. The van der Waals surface area contributed by atoms with Crippen LogP contribution < -0.4 is 0 Å². The standard InChI is InChI=1S/C12H22O.C2H6O2/c1-3-7-11(8-4-1)13-12-9-5-2-6-10-12;3-1-2-4/h11-12H,1-10H2;3-4H,1-2H2. The fourth-order valence-corrected chi connectivity index (χ4v) is 2.67. The van der Waals surface area contributed by atoms with Crippen LogP contribution >= 0.6 is 0 Å². The average Bonchev–Trinajstić information content (AvgIpc) is 2.41. The lowest BCUT2D eigenvalue weighted by molar-refractivity contribution is -0.0450. The second kappa shape index (κ2) is 9.86. The van der Waals surface area contributed by atoms with Crippen molar-refractivity contribution in [2.24, 2.45) is 0 Å². The molecule has 0 aliphatic heterocycles. The molecule has 0 bridgehead atoms. The van der Waals surface area contributed by atoms with Crippen LogP contribution in [-0.4, -0.2) is 35.6 Å². The van der Waals surface area contributed by atoms with Crippen molar-refractivity contribution >= 4 is 0 Å². The van der Waals surface area contributed by atoms with Gasteiger partial charge in [-0.3, -0.25) is 0 Å². The summed E-state index contributed by atoms with van der Waals surface area (Å²) >= 11 is 0. The number of hydrogen-bond donors (Lipinski definition) is 2. The normalized spacial score (nSPS) is 22.9. The average molecular weight is 244 g/mol. The molecular formula is C14H28O3. The first-order valence-electron chi connectivity index (χ1n) is 7.24. The predicted octanol–water partition coefficient (Wildman–Crippen LogP) is 2.64. The summed E-state index contributed by atoms with van der Waals surface area (Å²) in [7, 11) is 0. The molecule has 102 valence electrons. The number of rotatable bonds is 3. The Morgan fingerprint density at radius 1 is 0.647 bits per heavy atom. The van der Waals surface area contributed by atoms with E-state index in [1.54, 1.807) is 0 Å². The van der Waals surface area contributed by atoms with Gasteiger partial charge in [0.2, 0.25) is 0 Å². The van der Waals surface area contributed by atoms with Crippen molar-refractivity contribution in [2.45, 2.75) is 76.4 Å². The maximum absolute atomic E-state index is 7.62. The number of ether oxygens (including phenoxy) is 1. The molecule has 0 spiro atoms. The van der Waals surface area contributed by atoms with E-state index in [-0.39, 0.29) is 13.2 Å². The minimum Gasteiger partial charge on any atom is -0.394 e. The van der Waals surface area contributed by atoms with Gasteiger partial charge in [-0.1, -0.05) is 38.5 Å². The Morgan fingerprint density at radius 2 is 1.00 bits per heavy atom. The van der Waals surface area contributed by atoms with Crippen LogP contribution in [0.3, 0.4) is 0 Å². The first kappa shape index (κ1) is 14.9. The molecule has 0 aromatic carbocycles. The molecule has 3 heteroatoms. The smallest absolute Gasteiger partial charge is 0.0662 e. The van der Waals surface area contributed by atoms with Crippen LogP contribution in [0, 0.1) is 0 Å². The lowest BCUT2D eigenvalue weighted by atomic mass is 9.95. The maximum atomic E-state index is 7.62. The molecule has 0 heterocycles. The SMILES string of the molecule is C1CCC(OC2CCCCC2)CC1.OCCO. The molecule has 2 N–H and O–H groups in total. The van der Waals surface area contributed by atoms with Crippen molar-refractivity contribution < 1.29 is 14.9 Å². The highest BCUT2D eigenvalue weighted by molar-refractivity contribution is 4.71. The summed E-state index contributed by atoms with van der Waals surface area (Å²) < 4.78 is 6.13. The van der Waals surface area contributed by atoms with Gasteiger partial charge in [0.15, 0.2) is 0 Å². The molecule has 2 fully saturated rings. The molecule has 2 rings (SSSR count). The Bertz CT molecular complexity index is 143. The van der Waals surface area contributed by atoms with Crippen molar-refractivity contribution in [3.05, 3.63) is 0 Å². The van der Waals surface area contributed by atoms with E-state index in [2.05, 4.69) is 0 Å². The fraction of sp³-hybridized carbons (Fsp3) is 1.00. The van der Waals surface area contributed by atoms with Crippen molar-refractivity contribution in [3.8, 4) is 0 Å². The Labute approximate surface area is 105 Å². The molecule has 0 aromatic rings. The molecule has 2 aliphatic rings. The van der Waals surface area contributed by atoms with E-state index in [0.29, 0.717) is 12.2 Å². The lowest BCUT2D eigenvalue weighted by Crippen LogP contribution is -2.25. The minimum absolute atomic E-state index is 0.125. The molecule has 0 saturated heterocycles. The highest BCUT2D eigenvalue weighted by atomic mass is 16.5. The van der Waals surface area contributed by atoms with Crippen molar-refractivity contribution in [1.82, 2.24) is 0 Å². The van der Waals surface area contributed by atoms with Crippen molar-refractivity contribution in [3.63, 3.8) is 0 Å². The van der Waals surface area contributed by atoms with E-state index < -0.39 is 0 Å². The van der Waals surface area contributed by atoms with E-state index in [0.717, 1.165) is 0 Å².